The molecule has 0 spiro atoms. The number of para-hydroxylation sites is 1. The largest absolute Gasteiger partial charge is 0.356 e. The third-order valence-corrected chi connectivity index (χ3v) is 5.76. The Labute approximate surface area is 217 Å². The zero-order chi connectivity index (χ0) is 27.4. The van der Waals surface area contributed by atoms with Crippen LogP contribution in [0, 0.1) is 0 Å². The molecule has 0 saturated heterocycles. The smallest absolute Gasteiger partial charge is 0.253 e. The number of Topliss-reactive ketones (excluding diaryl/α,β-unsaturated/α-hetero) is 1. The molecular weight excluding hydrogens is 470 g/mol. The molecule has 0 unspecified atom stereocenters. The van der Waals surface area contributed by atoms with Crippen molar-refractivity contribution in [2.75, 3.05) is 24.5 Å². The van der Waals surface area contributed by atoms with Gasteiger partial charge in [0.15, 0.2) is 0 Å². The Balaban J connectivity index is 0.000000877. The lowest BCUT2D eigenvalue weighted by molar-refractivity contribution is -0.137. The number of nitrogens with zero attached hydrogens (tertiary/aromatic N) is 2. The summed E-state index contributed by atoms with van der Waals surface area (Å²) >= 11 is 0. The van der Waals surface area contributed by atoms with Crippen LogP contribution in [0.25, 0.3) is 6.08 Å². The average molecular weight is 504 g/mol. The first-order chi connectivity index (χ1) is 17.7. The van der Waals surface area contributed by atoms with Crippen LogP contribution in [0.3, 0.4) is 0 Å². The molecule has 0 atom stereocenters. The van der Waals surface area contributed by atoms with Crippen molar-refractivity contribution in [2.45, 2.75) is 33.1 Å². The topological polar surface area (TPSA) is 104 Å². The van der Waals surface area contributed by atoms with E-state index in [4.69, 9.17) is 0 Å². The molecule has 8 nitrogen and oxygen atoms in total. The molecule has 0 bridgehead atoms. The van der Waals surface area contributed by atoms with E-state index in [0.29, 0.717) is 13.0 Å². The van der Waals surface area contributed by atoms with Gasteiger partial charge in [0.05, 0.1) is 12.2 Å². The lowest BCUT2D eigenvalue weighted by Gasteiger charge is -2.27. The summed E-state index contributed by atoms with van der Waals surface area (Å²) < 4.78 is 0. The highest BCUT2D eigenvalue weighted by molar-refractivity contribution is 6.13. The normalized spacial score (nSPS) is 17.1. The number of imide groups is 1. The van der Waals surface area contributed by atoms with E-state index in [-0.39, 0.29) is 43.5 Å². The van der Waals surface area contributed by atoms with Crippen LogP contribution < -0.4 is 10.2 Å². The van der Waals surface area contributed by atoms with Gasteiger partial charge >= 0.3 is 0 Å². The van der Waals surface area contributed by atoms with Gasteiger partial charge in [-0.15, -0.1) is 0 Å². The van der Waals surface area contributed by atoms with Crippen LogP contribution in [-0.4, -0.2) is 53.9 Å². The average Bonchev–Trinajstić information content (AvgIpc) is 3.20. The Bertz CT molecular complexity index is 1160. The van der Waals surface area contributed by atoms with E-state index in [1.54, 1.807) is 24.0 Å². The van der Waals surface area contributed by atoms with Gasteiger partial charge in [-0.25, -0.2) is 0 Å². The molecule has 2 heterocycles. The minimum Gasteiger partial charge on any atom is -0.356 e. The van der Waals surface area contributed by atoms with Crippen LogP contribution in [0.15, 0.2) is 78.9 Å². The predicted octanol–water partition coefficient (Wildman–Crippen LogP) is 3.52. The van der Waals surface area contributed by atoms with Crippen LogP contribution in [0.4, 0.5) is 5.69 Å². The van der Waals surface area contributed by atoms with Gasteiger partial charge in [-0.3, -0.25) is 24.1 Å². The standard InChI is InChI=1S/C25H25N3O4.C4H8O/c1-3-18-9-10-20-7-5-6-8-21(20)28(17-19(18)4-2)25(32)13-15-26-22(29)14-16-27-23(30)11-12-24(27)31;1-3-4(2)5/h3-12H,1-2,13-17H2,(H,26,29);3H2,1-2H3/b10-9-,19-18-;. The molecule has 8 heteroatoms. The minimum atomic E-state index is -0.423. The first-order valence-corrected chi connectivity index (χ1v) is 12.1. The number of benzene rings is 1. The van der Waals surface area contributed by atoms with Gasteiger partial charge in [0.1, 0.15) is 5.78 Å². The van der Waals surface area contributed by atoms with Crippen molar-refractivity contribution in [1.29, 1.82) is 0 Å². The summed E-state index contributed by atoms with van der Waals surface area (Å²) in [5.41, 5.74) is 3.44. The van der Waals surface area contributed by atoms with Gasteiger partial charge in [0, 0.05) is 44.5 Å². The van der Waals surface area contributed by atoms with Crippen molar-refractivity contribution in [3.05, 3.63) is 84.5 Å². The van der Waals surface area contributed by atoms with Gasteiger partial charge in [-0.1, -0.05) is 62.6 Å². The highest BCUT2D eigenvalue weighted by Crippen LogP contribution is 2.27. The number of nitrogens with one attached hydrogen (secondary N) is 1. The zero-order valence-corrected chi connectivity index (χ0v) is 21.4. The fourth-order valence-corrected chi connectivity index (χ4v) is 3.51. The molecular formula is C29H33N3O5. The zero-order valence-electron chi connectivity index (χ0n) is 21.4. The summed E-state index contributed by atoms with van der Waals surface area (Å²) in [5.74, 6) is -1.07. The van der Waals surface area contributed by atoms with Gasteiger partial charge < -0.3 is 15.0 Å². The van der Waals surface area contributed by atoms with Gasteiger partial charge in [-0.05, 0) is 29.7 Å². The first kappa shape index (κ1) is 28.9. The molecule has 0 aliphatic carbocycles. The molecule has 1 aromatic rings. The fourth-order valence-electron chi connectivity index (χ4n) is 3.51. The number of anilines is 1. The second-order valence-electron chi connectivity index (χ2n) is 8.33. The molecule has 0 saturated carbocycles. The summed E-state index contributed by atoms with van der Waals surface area (Å²) in [6.07, 6.45) is 10.4. The summed E-state index contributed by atoms with van der Waals surface area (Å²) in [5, 5.41) is 2.68. The summed E-state index contributed by atoms with van der Waals surface area (Å²) in [7, 11) is 0. The lowest BCUT2D eigenvalue weighted by atomic mass is 10.0. The molecule has 0 radical (unpaired) electrons. The van der Waals surface area contributed by atoms with E-state index in [9.17, 15) is 24.0 Å². The molecule has 3 rings (SSSR count). The molecule has 2 aliphatic rings. The van der Waals surface area contributed by atoms with Crippen LogP contribution in [0.2, 0.25) is 0 Å². The van der Waals surface area contributed by atoms with Crippen LogP contribution >= 0.6 is 0 Å². The van der Waals surface area contributed by atoms with Crippen LogP contribution in [0.5, 0.6) is 0 Å². The van der Waals surface area contributed by atoms with Crippen LogP contribution in [0.1, 0.15) is 38.7 Å². The Kier molecular flexibility index (Phi) is 11.2. The lowest BCUT2D eigenvalue weighted by Crippen LogP contribution is -2.38. The van der Waals surface area contributed by atoms with E-state index < -0.39 is 11.8 Å². The Hall–Kier alpha value is -4.33. The van der Waals surface area contributed by atoms with Crippen molar-refractivity contribution in [2.24, 2.45) is 0 Å². The van der Waals surface area contributed by atoms with Crippen molar-refractivity contribution in [1.82, 2.24) is 10.2 Å². The molecule has 1 N–H and O–H groups in total. The summed E-state index contributed by atoms with van der Waals surface area (Å²) in [6, 6.07) is 7.60. The van der Waals surface area contributed by atoms with Crippen molar-refractivity contribution < 1.29 is 24.0 Å². The van der Waals surface area contributed by atoms with Gasteiger partial charge in [0.25, 0.3) is 11.8 Å². The number of carbonyl (C=O) groups excluding carboxylic acids is 5. The third kappa shape index (κ3) is 8.38. The maximum absolute atomic E-state index is 13.1. The number of carbonyl (C=O) groups is 5. The SMILES string of the molecule is C=CC1=C(\C=C)CN(C(=O)CCNC(=O)CCN2C(=O)C=CC2=O)c2ccccc2/C=C\1.CCC(C)=O. The highest BCUT2D eigenvalue weighted by atomic mass is 16.2. The third-order valence-electron chi connectivity index (χ3n) is 5.76. The molecule has 0 fully saturated rings. The molecule has 37 heavy (non-hydrogen) atoms. The monoisotopic (exact) mass is 503 g/mol. The number of allylic oxidation sites excluding steroid dienone is 3. The number of rotatable bonds is 9. The highest BCUT2D eigenvalue weighted by Gasteiger charge is 2.24. The van der Waals surface area contributed by atoms with Crippen LogP contribution in [-0.2, 0) is 24.0 Å². The second kappa shape index (κ2) is 14.3. The fraction of sp³-hybridized carbons (Fsp3) is 0.276. The Morgan fingerprint density at radius 3 is 2.22 bits per heavy atom. The number of amides is 4. The van der Waals surface area contributed by atoms with E-state index in [1.165, 1.54) is 12.2 Å². The second-order valence-corrected chi connectivity index (χ2v) is 8.33. The molecule has 4 amide bonds. The quantitative estimate of drug-likeness (QED) is 0.520. The predicted molar refractivity (Wildman–Crippen MR) is 144 cm³/mol. The number of ketones is 1. The number of hydrogen-bond acceptors (Lipinski definition) is 5. The minimum absolute atomic E-state index is 0.00804. The van der Waals surface area contributed by atoms with Crippen molar-refractivity contribution in [3.63, 3.8) is 0 Å². The number of hydrogen-bond donors (Lipinski definition) is 1. The first-order valence-electron chi connectivity index (χ1n) is 12.1. The maximum Gasteiger partial charge on any atom is 0.253 e. The van der Waals surface area contributed by atoms with E-state index in [0.717, 1.165) is 27.3 Å². The maximum atomic E-state index is 13.1. The molecule has 194 valence electrons. The van der Waals surface area contributed by atoms with Gasteiger partial charge in [-0.2, -0.15) is 0 Å². The van der Waals surface area contributed by atoms with Crippen molar-refractivity contribution >= 4 is 41.2 Å². The Morgan fingerprint density at radius 1 is 0.973 bits per heavy atom. The molecule has 0 aromatic heterocycles. The van der Waals surface area contributed by atoms with E-state index >= 15 is 0 Å². The molecule has 2 aliphatic heterocycles. The number of fused-ring (bicyclic) bond motifs is 1. The van der Waals surface area contributed by atoms with E-state index in [1.807, 2.05) is 43.3 Å². The Morgan fingerprint density at radius 2 is 1.62 bits per heavy atom. The van der Waals surface area contributed by atoms with E-state index in [2.05, 4.69) is 18.5 Å². The van der Waals surface area contributed by atoms with Crippen molar-refractivity contribution in [3.8, 4) is 0 Å². The summed E-state index contributed by atoms with van der Waals surface area (Å²) in [4.78, 5) is 60.8. The van der Waals surface area contributed by atoms with Gasteiger partial charge in [0.2, 0.25) is 11.8 Å². The molecule has 1 aromatic carbocycles. The summed E-state index contributed by atoms with van der Waals surface area (Å²) in [6.45, 7) is 11.6.